The van der Waals surface area contributed by atoms with E-state index in [1.54, 1.807) is 19.2 Å². The summed E-state index contributed by atoms with van der Waals surface area (Å²) in [5.74, 6) is 0.757. The molecule has 6 heteroatoms. The van der Waals surface area contributed by atoms with Crippen LogP contribution in [0.25, 0.3) is 0 Å². The summed E-state index contributed by atoms with van der Waals surface area (Å²) in [6, 6.07) is 6.74. The standard InChI is InChI=1S/C20H32FN3O2/c1-3-22-20(23-11-8-17-6-4-7-18(21)16-17)24-12-9-19(10-13-24)26-15-5-14-25-2/h4,6-7,16,19H,3,5,8-15H2,1-2H3,(H,22,23). The van der Waals surface area contributed by atoms with Crippen LogP contribution in [0.5, 0.6) is 0 Å². The number of hydrogen-bond acceptors (Lipinski definition) is 3. The summed E-state index contributed by atoms with van der Waals surface area (Å²) in [6.07, 6.45) is 4.05. The van der Waals surface area contributed by atoms with Crippen LogP contribution in [-0.2, 0) is 15.9 Å². The second-order valence-electron chi connectivity index (χ2n) is 6.52. The fourth-order valence-corrected chi connectivity index (χ4v) is 3.10. The second kappa shape index (κ2) is 11.9. The lowest BCUT2D eigenvalue weighted by atomic mass is 10.1. The molecule has 0 unspecified atom stereocenters. The zero-order valence-corrected chi connectivity index (χ0v) is 16.0. The molecule has 0 amide bonds. The third kappa shape index (κ3) is 7.30. The van der Waals surface area contributed by atoms with E-state index in [9.17, 15) is 4.39 Å². The van der Waals surface area contributed by atoms with Crippen molar-refractivity contribution in [3.05, 3.63) is 35.6 Å². The summed E-state index contributed by atoms with van der Waals surface area (Å²) in [6.45, 7) is 6.97. The number of benzene rings is 1. The van der Waals surface area contributed by atoms with Gasteiger partial charge in [0.1, 0.15) is 5.82 Å². The van der Waals surface area contributed by atoms with E-state index in [2.05, 4.69) is 17.1 Å². The molecule has 2 rings (SSSR count). The van der Waals surface area contributed by atoms with E-state index >= 15 is 0 Å². The molecule has 26 heavy (non-hydrogen) atoms. The molecule has 1 aromatic rings. The van der Waals surface area contributed by atoms with Gasteiger partial charge in [-0.15, -0.1) is 0 Å². The quantitative estimate of drug-likeness (QED) is 0.415. The third-order valence-electron chi connectivity index (χ3n) is 4.47. The Labute approximate surface area is 156 Å². The van der Waals surface area contributed by atoms with Gasteiger partial charge in [0.05, 0.1) is 6.10 Å². The average molecular weight is 365 g/mol. The van der Waals surface area contributed by atoms with Crippen LogP contribution in [0, 0.1) is 5.82 Å². The van der Waals surface area contributed by atoms with Crippen molar-refractivity contribution in [2.24, 2.45) is 4.99 Å². The van der Waals surface area contributed by atoms with Crippen molar-refractivity contribution in [2.75, 3.05) is 46.5 Å². The van der Waals surface area contributed by atoms with Crippen LogP contribution in [0.15, 0.2) is 29.3 Å². The van der Waals surface area contributed by atoms with E-state index in [0.717, 1.165) is 70.1 Å². The Morgan fingerprint density at radius 2 is 2.12 bits per heavy atom. The summed E-state index contributed by atoms with van der Waals surface area (Å²) < 4.78 is 24.2. The third-order valence-corrected chi connectivity index (χ3v) is 4.47. The molecule has 1 heterocycles. The van der Waals surface area contributed by atoms with Crippen molar-refractivity contribution in [1.82, 2.24) is 10.2 Å². The zero-order chi connectivity index (χ0) is 18.6. The number of halogens is 1. The topological polar surface area (TPSA) is 46.1 Å². The highest BCUT2D eigenvalue weighted by Crippen LogP contribution is 2.14. The highest BCUT2D eigenvalue weighted by atomic mass is 19.1. The van der Waals surface area contributed by atoms with Gasteiger partial charge < -0.3 is 19.7 Å². The maximum Gasteiger partial charge on any atom is 0.193 e. The van der Waals surface area contributed by atoms with Gasteiger partial charge in [0.15, 0.2) is 5.96 Å². The molecular weight excluding hydrogens is 333 g/mol. The van der Waals surface area contributed by atoms with Crippen LogP contribution in [0.1, 0.15) is 31.7 Å². The van der Waals surface area contributed by atoms with E-state index in [1.165, 1.54) is 6.07 Å². The number of nitrogens with zero attached hydrogens (tertiary/aromatic N) is 2. The largest absolute Gasteiger partial charge is 0.385 e. The van der Waals surface area contributed by atoms with Gasteiger partial charge in [-0.2, -0.15) is 0 Å². The van der Waals surface area contributed by atoms with Crippen molar-refractivity contribution in [3.63, 3.8) is 0 Å². The van der Waals surface area contributed by atoms with Gasteiger partial charge in [0.2, 0.25) is 0 Å². The SMILES string of the molecule is CCNC(=NCCc1cccc(F)c1)N1CCC(OCCCOC)CC1. The van der Waals surface area contributed by atoms with Crippen LogP contribution < -0.4 is 5.32 Å². The number of nitrogens with one attached hydrogen (secondary N) is 1. The van der Waals surface area contributed by atoms with Crippen LogP contribution >= 0.6 is 0 Å². The minimum atomic E-state index is -0.189. The minimum Gasteiger partial charge on any atom is -0.385 e. The number of aliphatic imine (C=N–C) groups is 1. The van der Waals surface area contributed by atoms with Crippen molar-refractivity contribution >= 4 is 5.96 Å². The second-order valence-corrected chi connectivity index (χ2v) is 6.52. The summed E-state index contributed by atoms with van der Waals surface area (Å²) in [5, 5.41) is 3.37. The summed E-state index contributed by atoms with van der Waals surface area (Å²) in [5.41, 5.74) is 0.979. The normalized spacial score (nSPS) is 16.1. The monoisotopic (exact) mass is 365 g/mol. The van der Waals surface area contributed by atoms with Gasteiger partial charge in [-0.1, -0.05) is 12.1 Å². The predicted molar refractivity (Wildman–Crippen MR) is 103 cm³/mol. The van der Waals surface area contributed by atoms with E-state index in [1.807, 2.05) is 6.07 Å². The fraction of sp³-hybridized carbons (Fsp3) is 0.650. The molecule has 1 saturated heterocycles. The number of hydrogen-bond donors (Lipinski definition) is 1. The van der Waals surface area contributed by atoms with Gasteiger partial charge in [-0.25, -0.2) is 4.39 Å². The number of methoxy groups -OCH3 is 1. The summed E-state index contributed by atoms with van der Waals surface area (Å²) in [7, 11) is 1.72. The van der Waals surface area contributed by atoms with E-state index < -0.39 is 0 Å². The van der Waals surface area contributed by atoms with Gasteiger partial charge in [-0.3, -0.25) is 4.99 Å². The van der Waals surface area contributed by atoms with Crippen molar-refractivity contribution < 1.29 is 13.9 Å². The first-order valence-corrected chi connectivity index (χ1v) is 9.61. The Bertz CT molecular complexity index is 546. The van der Waals surface area contributed by atoms with Gasteiger partial charge in [0, 0.05) is 46.5 Å². The van der Waals surface area contributed by atoms with E-state index in [4.69, 9.17) is 14.5 Å². The number of rotatable bonds is 9. The van der Waals surface area contributed by atoms with Gasteiger partial charge in [0.25, 0.3) is 0 Å². The van der Waals surface area contributed by atoms with Crippen LogP contribution in [0.2, 0.25) is 0 Å². The van der Waals surface area contributed by atoms with Crippen LogP contribution in [0.4, 0.5) is 4.39 Å². The molecule has 0 atom stereocenters. The molecule has 0 spiro atoms. The first-order valence-electron chi connectivity index (χ1n) is 9.61. The minimum absolute atomic E-state index is 0.189. The summed E-state index contributed by atoms with van der Waals surface area (Å²) in [4.78, 5) is 7.02. The average Bonchev–Trinajstić information content (AvgIpc) is 2.65. The molecule has 5 nitrogen and oxygen atoms in total. The molecule has 1 aliphatic rings. The number of guanidine groups is 1. The molecule has 1 fully saturated rings. The smallest absolute Gasteiger partial charge is 0.193 e. The van der Waals surface area contributed by atoms with Crippen LogP contribution in [0.3, 0.4) is 0 Å². The molecular formula is C20H32FN3O2. The molecule has 0 aliphatic carbocycles. The molecule has 0 aromatic heterocycles. The highest BCUT2D eigenvalue weighted by Gasteiger charge is 2.21. The lowest BCUT2D eigenvalue weighted by Gasteiger charge is -2.34. The Balaban J connectivity index is 1.78. The van der Waals surface area contributed by atoms with Gasteiger partial charge in [-0.05, 0) is 50.3 Å². The molecule has 1 aliphatic heterocycles. The molecule has 0 saturated carbocycles. The Morgan fingerprint density at radius 3 is 2.81 bits per heavy atom. The number of likely N-dealkylation sites (tertiary alicyclic amines) is 1. The lowest BCUT2D eigenvalue weighted by molar-refractivity contribution is 0.00991. The number of piperidine rings is 1. The fourth-order valence-electron chi connectivity index (χ4n) is 3.10. The Kier molecular flexibility index (Phi) is 9.42. The van der Waals surface area contributed by atoms with Crippen molar-refractivity contribution in [2.45, 2.75) is 38.7 Å². The molecule has 146 valence electrons. The molecule has 1 aromatic carbocycles. The molecule has 0 bridgehead atoms. The number of ether oxygens (including phenoxy) is 2. The lowest BCUT2D eigenvalue weighted by Crippen LogP contribution is -2.47. The maximum atomic E-state index is 13.3. The van der Waals surface area contributed by atoms with E-state index in [0.29, 0.717) is 12.6 Å². The first-order chi connectivity index (χ1) is 12.7. The zero-order valence-electron chi connectivity index (χ0n) is 16.0. The van der Waals surface area contributed by atoms with Crippen LogP contribution in [-0.4, -0.2) is 63.5 Å². The maximum absolute atomic E-state index is 13.3. The highest BCUT2D eigenvalue weighted by molar-refractivity contribution is 5.80. The predicted octanol–water partition coefficient (Wildman–Crippen LogP) is 2.85. The Hall–Kier alpha value is -1.66. The summed E-state index contributed by atoms with van der Waals surface area (Å²) >= 11 is 0. The Morgan fingerprint density at radius 1 is 1.31 bits per heavy atom. The van der Waals surface area contributed by atoms with Gasteiger partial charge >= 0.3 is 0 Å². The molecule has 1 N–H and O–H groups in total. The molecule has 0 radical (unpaired) electrons. The van der Waals surface area contributed by atoms with Crippen molar-refractivity contribution in [3.8, 4) is 0 Å². The van der Waals surface area contributed by atoms with E-state index in [-0.39, 0.29) is 5.82 Å². The first kappa shape index (κ1) is 20.6. The van der Waals surface area contributed by atoms with Crippen molar-refractivity contribution in [1.29, 1.82) is 0 Å².